The normalized spacial score (nSPS) is 11.5. The maximum atomic E-state index is 6.28. The monoisotopic (exact) mass is 348 g/mol. The molecule has 2 heterocycles. The molecule has 0 spiro atoms. The number of methoxy groups -OCH3 is 2. The lowest BCUT2D eigenvalue weighted by atomic mass is 10.2. The molecule has 0 radical (unpaired) electrons. The third kappa shape index (κ3) is 3.38. The molecule has 0 saturated carbocycles. The molecule has 118 valence electrons. The van der Waals surface area contributed by atoms with Crippen LogP contribution in [0.5, 0.6) is 11.5 Å². The van der Waals surface area contributed by atoms with E-state index in [-0.39, 0.29) is 5.89 Å². The van der Waals surface area contributed by atoms with Crippen molar-refractivity contribution in [2.24, 2.45) is 0 Å². The molecule has 3 aromatic rings. The summed E-state index contributed by atoms with van der Waals surface area (Å²) < 4.78 is 15.7. The second-order valence-corrected chi connectivity index (χ2v) is 5.73. The first-order chi connectivity index (χ1) is 11.2. The van der Waals surface area contributed by atoms with E-state index in [1.54, 1.807) is 37.7 Å². The van der Waals surface area contributed by atoms with Gasteiger partial charge in [-0.1, -0.05) is 22.8 Å². The lowest BCUT2D eigenvalue weighted by Crippen LogP contribution is -1.90. The molecule has 0 aliphatic carbocycles. The molecule has 0 aliphatic heterocycles. The van der Waals surface area contributed by atoms with Gasteiger partial charge in [0, 0.05) is 10.9 Å². The van der Waals surface area contributed by atoms with Gasteiger partial charge in [-0.15, -0.1) is 0 Å². The number of nitrogens with zero attached hydrogens (tertiary/aromatic N) is 2. The van der Waals surface area contributed by atoms with Crippen molar-refractivity contribution in [2.75, 3.05) is 14.2 Å². The molecule has 3 rings (SSSR count). The molecule has 1 aromatic carbocycles. The molecular weight excluding hydrogens is 336 g/mol. The first-order valence-corrected chi connectivity index (χ1v) is 7.99. The van der Waals surface area contributed by atoms with Gasteiger partial charge in [-0.3, -0.25) is 0 Å². The van der Waals surface area contributed by atoms with Gasteiger partial charge in [-0.25, -0.2) is 0 Å². The Hall–Kier alpha value is -2.31. The van der Waals surface area contributed by atoms with Crippen molar-refractivity contribution in [3.8, 4) is 22.9 Å². The van der Waals surface area contributed by atoms with Crippen LogP contribution in [0.15, 0.2) is 39.5 Å². The molecule has 7 heteroatoms. The van der Waals surface area contributed by atoms with Gasteiger partial charge in [0.25, 0.3) is 5.89 Å². The van der Waals surface area contributed by atoms with Gasteiger partial charge in [0.2, 0.25) is 5.82 Å². The lowest BCUT2D eigenvalue weighted by molar-refractivity contribution is 0.355. The Morgan fingerprint density at radius 3 is 2.74 bits per heavy atom. The van der Waals surface area contributed by atoms with E-state index in [0.717, 1.165) is 11.1 Å². The number of ether oxygens (including phenoxy) is 2. The molecule has 0 unspecified atom stereocenters. The zero-order chi connectivity index (χ0) is 16.2. The Labute approximate surface area is 142 Å². The van der Waals surface area contributed by atoms with Gasteiger partial charge < -0.3 is 14.0 Å². The van der Waals surface area contributed by atoms with Crippen LogP contribution in [-0.4, -0.2) is 24.4 Å². The molecule has 0 fully saturated rings. The number of rotatable bonds is 5. The smallest absolute Gasteiger partial charge is 0.269 e. The summed E-state index contributed by atoms with van der Waals surface area (Å²) in [6.07, 6.45) is 1.73. The van der Waals surface area contributed by atoms with Crippen molar-refractivity contribution >= 4 is 34.0 Å². The number of hydrogen-bond donors (Lipinski definition) is 0. The summed E-state index contributed by atoms with van der Waals surface area (Å²) in [5, 5.41) is 8.18. The van der Waals surface area contributed by atoms with E-state index in [2.05, 4.69) is 10.1 Å². The highest BCUT2D eigenvalue weighted by Crippen LogP contribution is 2.30. The number of thiophene rings is 1. The van der Waals surface area contributed by atoms with Crippen molar-refractivity contribution < 1.29 is 14.0 Å². The van der Waals surface area contributed by atoms with Crippen molar-refractivity contribution in [1.29, 1.82) is 0 Å². The van der Waals surface area contributed by atoms with E-state index in [9.17, 15) is 0 Å². The van der Waals surface area contributed by atoms with Crippen LogP contribution in [0.3, 0.4) is 0 Å². The van der Waals surface area contributed by atoms with Gasteiger partial charge in [0.15, 0.2) is 11.5 Å². The summed E-state index contributed by atoms with van der Waals surface area (Å²) in [4.78, 5) is 4.30. The predicted molar refractivity (Wildman–Crippen MR) is 90.9 cm³/mol. The number of hydrogen-bond acceptors (Lipinski definition) is 6. The minimum absolute atomic E-state index is 0.266. The Kier molecular flexibility index (Phi) is 4.64. The quantitative estimate of drug-likeness (QED) is 0.676. The average molecular weight is 349 g/mol. The van der Waals surface area contributed by atoms with Crippen LogP contribution in [0.2, 0.25) is 0 Å². The van der Waals surface area contributed by atoms with E-state index in [0.29, 0.717) is 22.4 Å². The molecule has 0 amide bonds. The Morgan fingerprint density at radius 1 is 1.22 bits per heavy atom. The van der Waals surface area contributed by atoms with Crippen molar-refractivity contribution in [1.82, 2.24) is 10.1 Å². The molecule has 5 nitrogen and oxygen atoms in total. The molecule has 0 atom stereocenters. The highest BCUT2D eigenvalue weighted by Gasteiger charge is 2.12. The van der Waals surface area contributed by atoms with E-state index in [4.69, 9.17) is 25.6 Å². The molecule has 2 aromatic heterocycles. The molecule has 0 aliphatic rings. The van der Waals surface area contributed by atoms with Crippen LogP contribution in [0.4, 0.5) is 0 Å². The fourth-order valence-electron chi connectivity index (χ4n) is 1.98. The van der Waals surface area contributed by atoms with Crippen molar-refractivity contribution in [3.05, 3.63) is 46.5 Å². The molecule has 0 N–H and O–H groups in total. The van der Waals surface area contributed by atoms with E-state index >= 15 is 0 Å². The predicted octanol–water partition coefficient (Wildman–Crippen LogP) is 4.55. The minimum atomic E-state index is 0.266. The van der Waals surface area contributed by atoms with Gasteiger partial charge >= 0.3 is 0 Å². The van der Waals surface area contributed by atoms with Gasteiger partial charge in [0.1, 0.15) is 5.03 Å². The summed E-state index contributed by atoms with van der Waals surface area (Å²) in [7, 11) is 3.17. The maximum absolute atomic E-state index is 6.28. The zero-order valence-corrected chi connectivity index (χ0v) is 14.0. The van der Waals surface area contributed by atoms with Gasteiger partial charge in [-0.2, -0.15) is 16.3 Å². The van der Waals surface area contributed by atoms with Crippen LogP contribution < -0.4 is 9.47 Å². The third-order valence-corrected chi connectivity index (χ3v) is 4.06. The van der Waals surface area contributed by atoms with Crippen molar-refractivity contribution in [3.63, 3.8) is 0 Å². The Morgan fingerprint density at radius 2 is 2.04 bits per heavy atom. The van der Waals surface area contributed by atoms with Gasteiger partial charge in [-0.05, 0) is 35.2 Å². The zero-order valence-electron chi connectivity index (χ0n) is 12.4. The fraction of sp³-hybridized carbons (Fsp3) is 0.125. The molecule has 23 heavy (non-hydrogen) atoms. The summed E-state index contributed by atoms with van der Waals surface area (Å²) in [6.45, 7) is 0. The summed E-state index contributed by atoms with van der Waals surface area (Å²) in [6, 6.07) is 7.40. The summed E-state index contributed by atoms with van der Waals surface area (Å²) >= 11 is 7.85. The fourth-order valence-corrected chi connectivity index (χ4v) is 2.82. The molecule has 0 bridgehead atoms. The largest absolute Gasteiger partial charge is 0.493 e. The van der Waals surface area contributed by atoms with Gasteiger partial charge in [0.05, 0.1) is 14.2 Å². The number of benzene rings is 1. The summed E-state index contributed by atoms with van der Waals surface area (Å²) in [5.74, 6) is 2.05. The Balaban J connectivity index is 1.88. The van der Waals surface area contributed by atoms with E-state index in [1.165, 1.54) is 0 Å². The Bertz CT molecular complexity index is 828. The first-order valence-electron chi connectivity index (χ1n) is 6.67. The summed E-state index contributed by atoms with van der Waals surface area (Å²) in [5.41, 5.74) is 1.74. The number of aromatic nitrogens is 2. The SMILES string of the molecule is COc1ccc(/C=C(/Cl)c2nc(-c3ccsc3)no2)cc1OC. The van der Waals surface area contributed by atoms with E-state index < -0.39 is 0 Å². The van der Waals surface area contributed by atoms with Crippen LogP contribution in [0, 0.1) is 0 Å². The van der Waals surface area contributed by atoms with E-state index in [1.807, 2.05) is 29.0 Å². The third-order valence-electron chi connectivity index (χ3n) is 3.11. The molecular formula is C16H13ClN2O3S. The molecule has 0 saturated heterocycles. The second-order valence-electron chi connectivity index (χ2n) is 4.54. The lowest BCUT2D eigenvalue weighted by Gasteiger charge is -2.07. The first kappa shape index (κ1) is 15.6. The second kappa shape index (κ2) is 6.85. The minimum Gasteiger partial charge on any atom is -0.493 e. The van der Waals surface area contributed by atoms with Crippen LogP contribution >= 0.6 is 22.9 Å². The topological polar surface area (TPSA) is 57.4 Å². The highest BCUT2D eigenvalue weighted by molar-refractivity contribution is 7.08. The van der Waals surface area contributed by atoms with Crippen LogP contribution in [-0.2, 0) is 0 Å². The standard InChI is InChI=1S/C16H13ClN2O3S/c1-20-13-4-3-10(8-14(13)21-2)7-12(17)16-18-15(19-22-16)11-5-6-23-9-11/h3-9H,1-2H3/b12-7+. The van der Waals surface area contributed by atoms with Crippen LogP contribution in [0.25, 0.3) is 22.5 Å². The average Bonchev–Trinajstić information content (AvgIpc) is 3.25. The van der Waals surface area contributed by atoms with Crippen LogP contribution in [0.1, 0.15) is 11.5 Å². The highest BCUT2D eigenvalue weighted by atomic mass is 35.5. The number of halogens is 1. The maximum Gasteiger partial charge on any atom is 0.269 e. The van der Waals surface area contributed by atoms with Crippen molar-refractivity contribution in [2.45, 2.75) is 0 Å².